The van der Waals surface area contributed by atoms with Crippen molar-refractivity contribution in [3.63, 3.8) is 0 Å². The number of likely N-dealkylation sites (tertiary alicyclic amines) is 1. The maximum Gasteiger partial charge on any atom is 0.411 e. The highest BCUT2D eigenvalue weighted by atomic mass is 17.2. The summed E-state index contributed by atoms with van der Waals surface area (Å²) in [5, 5.41) is 9.63. The van der Waals surface area contributed by atoms with Gasteiger partial charge in [0.15, 0.2) is 5.78 Å². The number of hydrogen-bond donors (Lipinski definition) is 1. The van der Waals surface area contributed by atoms with Crippen molar-refractivity contribution in [1.82, 2.24) is 4.90 Å². The lowest BCUT2D eigenvalue weighted by molar-refractivity contribution is -0.396. The lowest BCUT2D eigenvalue weighted by Gasteiger charge is -2.38. The Kier molecular flexibility index (Phi) is 5.22. The number of nitrogens with zero attached hydrogens (tertiary/aromatic N) is 1. The number of carbonyl (C=O) groups is 3. The third-order valence-corrected chi connectivity index (χ3v) is 4.03. The minimum atomic E-state index is -1.22. The summed E-state index contributed by atoms with van der Waals surface area (Å²) in [5.41, 5.74) is -2.67. The molecule has 0 radical (unpaired) electrons. The Balaban J connectivity index is 2.40. The maximum absolute atomic E-state index is 12.7. The molecule has 1 N–H and O–H groups in total. The summed E-state index contributed by atoms with van der Waals surface area (Å²) in [5.74, 6) is -1.41. The van der Waals surface area contributed by atoms with Crippen molar-refractivity contribution in [2.45, 2.75) is 83.3 Å². The number of rotatable bonds is 3. The van der Waals surface area contributed by atoms with E-state index in [1.165, 1.54) is 12.2 Å². The third kappa shape index (κ3) is 4.42. The van der Waals surface area contributed by atoms with Crippen LogP contribution in [0.3, 0.4) is 0 Å². The van der Waals surface area contributed by atoms with E-state index in [0.717, 1.165) is 4.90 Å². The van der Waals surface area contributed by atoms with E-state index >= 15 is 0 Å². The fourth-order valence-electron chi connectivity index (χ4n) is 3.03. The normalized spacial score (nSPS) is 28.8. The van der Waals surface area contributed by atoms with Crippen LogP contribution in [0.5, 0.6) is 0 Å². The first kappa shape index (κ1) is 20.4. The van der Waals surface area contributed by atoms with Gasteiger partial charge in [-0.2, -0.15) is 0 Å². The Morgan fingerprint density at radius 3 is 2.31 bits per heavy atom. The van der Waals surface area contributed by atoms with Crippen LogP contribution in [0.15, 0.2) is 12.2 Å². The predicted octanol–water partition coefficient (Wildman–Crippen LogP) is 2.46. The molecule has 1 aliphatic heterocycles. The number of fused-ring (bicyclic) bond motifs is 1. The van der Waals surface area contributed by atoms with Crippen LogP contribution in [-0.2, 0) is 24.1 Å². The first-order valence-corrected chi connectivity index (χ1v) is 8.57. The van der Waals surface area contributed by atoms with Gasteiger partial charge >= 0.3 is 12.1 Å². The number of carboxylic acids is 1. The second kappa shape index (κ2) is 6.66. The summed E-state index contributed by atoms with van der Waals surface area (Å²) in [7, 11) is 0. The van der Waals surface area contributed by atoms with Gasteiger partial charge in [0.05, 0.1) is 11.6 Å². The molecule has 0 saturated carbocycles. The van der Waals surface area contributed by atoms with Crippen molar-refractivity contribution in [2.75, 3.05) is 0 Å². The Labute approximate surface area is 153 Å². The van der Waals surface area contributed by atoms with Gasteiger partial charge in [-0.1, -0.05) is 0 Å². The number of amides is 1. The number of aliphatic carboxylic acids is 1. The average molecular weight is 369 g/mol. The van der Waals surface area contributed by atoms with Gasteiger partial charge in [0.25, 0.3) is 0 Å². The highest BCUT2D eigenvalue weighted by Crippen LogP contribution is 2.43. The van der Waals surface area contributed by atoms with Crippen molar-refractivity contribution in [2.24, 2.45) is 0 Å². The Hall–Kier alpha value is -1.93. The van der Waals surface area contributed by atoms with Gasteiger partial charge in [-0.15, -0.1) is 0 Å². The second-order valence-electron chi connectivity index (χ2n) is 8.70. The van der Waals surface area contributed by atoms with Crippen LogP contribution >= 0.6 is 0 Å². The van der Waals surface area contributed by atoms with E-state index in [4.69, 9.17) is 14.5 Å². The van der Waals surface area contributed by atoms with Gasteiger partial charge < -0.3 is 9.84 Å². The zero-order valence-electron chi connectivity index (χ0n) is 16.1. The third-order valence-electron chi connectivity index (χ3n) is 4.03. The van der Waals surface area contributed by atoms with Crippen LogP contribution in [0.4, 0.5) is 4.79 Å². The number of carboxylic acid groups (broad SMARTS) is 1. The smallest absolute Gasteiger partial charge is 0.411 e. The van der Waals surface area contributed by atoms with Crippen molar-refractivity contribution >= 4 is 17.8 Å². The van der Waals surface area contributed by atoms with Crippen LogP contribution < -0.4 is 0 Å². The Morgan fingerprint density at radius 1 is 1.19 bits per heavy atom. The van der Waals surface area contributed by atoms with Gasteiger partial charge in [0.2, 0.25) is 0 Å². The molecule has 26 heavy (non-hydrogen) atoms. The van der Waals surface area contributed by atoms with Crippen molar-refractivity contribution in [3.8, 4) is 0 Å². The van der Waals surface area contributed by atoms with Gasteiger partial charge in [0.1, 0.15) is 17.2 Å². The molecule has 1 amide bonds. The molecule has 0 unspecified atom stereocenters. The summed E-state index contributed by atoms with van der Waals surface area (Å²) < 4.78 is 5.37. The molecule has 0 aromatic heterocycles. The molecule has 146 valence electrons. The van der Waals surface area contributed by atoms with Gasteiger partial charge in [-0.05, 0) is 53.7 Å². The van der Waals surface area contributed by atoms with Crippen LogP contribution in [0.1, 0.15) is 54.4 Å². The molecule has 0 spiro atoms. The van der Waals surface area contributed by atoms with E-state index < -0.39 is 40.9 Å². The number of hydrogen-bond acceptors (Lipinski definition) is 6. The Morgan fingerprint density at radius 2 is 1.81 bits per heavy atom. The van der Waals surface area contributed by atoms with Crippen molar-refractivity contribution < 1.29 is 34.0 Å². The van der Waals surface area contributed by atoms with E-state index in [1.54, 1.807) is 41.5 Å². The van der Waals surface area contributed by atoms with Crippen molar-refractivity contribution in [1.29, 1.82) is 0 Å². The van der Waals surface area contributed by atoms with Crippen molar-refractivity contribution in [3.05, 3.63) is 12.2 Å². The summed E-state index contributed by atoms with van der Waals surface area (Å²) in [6.07, 6.45) is 1.95. The zero-order valence-corrected chi connectivity index (χ0v) is 16.1. The fourth-order valence-corrected chi connectivity index (χ4v) is 3.03. The van der Waals surface area contributed by atoms with Gasteiger partial charge in [-0.3, -0.25) is 9.69 Å². The quantitative estimate of drug-likeness (QED) is 0.602. The molecule has 0 aromatic carbocycles. The molecular weight excluding hydrogens is 342 g/mol. The Bertz CT molecular complexity index is 628. The molecule has 1 heterocycles. The summed E-state index contributed by atoms with van der Waals surface area (Å²) in [4.78, 5) is 48.6. The molecule has 0 aromatic rings. The minimum Gasteiger partial charge on any atom is -0.480 e. The van der Waals surface area contributed by atoms with Crippen LogP contribution in [0.2, 0.25) is 0 Å². The summed E-state index contributed by atoms with van der Waals surface area (Å²) >= 11 is 0. The van der Waals surface area contributed by atoms with E-state index in [1.807, 2.05) is 0 Å². The molecule has 2 rings (SSSR count). The van der Waals surface area contributed by atoms with Crippen LogP contribution in [0.25, 0.3) is 0 Å². The molecule has 1 fully saturated rings. The summed E-state index contributed by atoms with van der Waals surface area (Å²) in [6, 6.07) is -2.01. The lowest BCUT2D eigenvalue weighted by Crippen LogP contribution is -2.53. The monoisotopic (exact) mass is 369 g/mol. The van der Waals surface area contributed by atoms with Gasteiger partial charge in [0, 0.05) is 12.8 Å². The molecule has 8 nitrogen and oxygen atoms in total. The number of ketones is 1. The molecule has 1 aliphatic carbocycles. The van der Waals surface area contributed by atoms with E-state index in [0.29, 0.717) is 0 Å². The first-order chi connectivity index (χ1) is 11.7. The highest BCUT2D eigenvalue weighted by molar-refractivity contribution is 5.93. The second-order valence-corrected chi connectivity index (χ2v) is 8.70. The number of ether oxygens (including phenoxy) is 1. The van der Waals surface area contributed by atoms with Crippen LogP contribution in [-0.4, -0.2) is 56.7 Å². The molecule has 2 aliphatic rings. The van der Waals surface area contributed by atoms with E-state index in [9.17, 15) is 19.5 Å². The number of carbonyl (C=O) groups excluding carboxylic acids is 2. The van der Waals surface area contributed by atoms with Crippen LogP contribution in [0, 0.1) is 0 Å². The molecule has 0 bridgehead atoms. The molecule has 8 heteroatoms. The summed E-state index contributed by atoms with van der Waals surface area (Å²) in [6.45, 7) is 10.4. The lowest BCUT2D eigenvalue weighted by atomic mass is 9.85. The topological polar surface area (TPSA) is 102 Å². The number of allylic oxidation sites excluding steroid dienone is 1. The highest BCUT2D eigenvalue weighted by Gasteiger charge is 2.60. The first-order valence-electron chi connectivity index (χ1n) is 8.57. The van der Waals surface area contributed by atoms with Gasteiger partial charge in [-0.25, -0.2) is 19.4 Å². The SMILES string of the molecule is CC(C)(C)OO[C@]12C=CC(=O)C[C@H]1N(C(=O)OC(C)(C)C)[C@@H](C(=O)O)C2. The molecule has 1 saturated heterocycles. The zero-order chi connectivity index (χ0) is 19.9. The minimum absolute atomic E-state index is 0.0356. The largest absolute Gasteiger partial charge is 0.480 e. The molecule has 3 atom stereocenters. The van der Waals surface area contributed by atoms with E-state index in [-0.39, 0.29) is 18.6 Å². The standard InChI is InChI=1S/C18H27NO7/c1-16(2,3)24-15(23)19-12(14(21)22)10-18(26-25-17(4,5)6)8-7-11(20)9-13(18)19/h7-8,12-13H,9-10H2,1-6H3,(H,21,22)/t12-,13-,18+/m1/s1. The predicted molar refractivity (Wildman–Crippen MR) is 91.3 cm³/mol. The maximum atomic E-state index is 12.7. The molecular formula is C18H27NO7. The van der Waals surface area contributed by atoms with E-state index in [2.05, 4.69) is 0 Å². The fraction of sp³-hybridized carbons (Fsp3) is 0.722. The average Bonchev–Trinajstić information content (AvgIpc) is 2.78.